The van der Waals surface area contributed by atoms with Crippen molar-refractivity contribution in [3.8, 4) is 17.1 Å². The predicted octanol–water partition coefficient (Wildman–Crippen LogP) is 6.40. The molecule has 162 valence electrons. The molecule has 6 heteroatoms. The van der Waals surface area contributed by atoms with Gasteiger partial charge in [-0.25, -0.2) is 4.98 Å². The molecule has 1 N–H and O–H groups in total. The van der Waals surface area contributed by atoms with Crippen LogP contribution in [0, 0.1) is 12.3 Å². The van der Waals surface area contributed by atoms with Crippen molar-refractivity contribution in [3.05, 3.63) is 95.8 Å². The Balaban J connectivity index is 1.66. The van der Waals surface area contributed by atoms with E-state index in [0.717, 1.165) is 50.7 Å². The quantitative estimate of drug-likeness (QED) is 0.264. The van der Waals surface area contributed by atoms with Crippen LogP contribution in [0.15, 0.2) is 95.2 Å². The van der Waals surface area contributed by atoms with Crippen LogP contribution in [-0.4, -0.2) is 23.6 Å². The molecule has 2 aliphatic rings. The minimum absolute atomic E-state index is 0.491. The maximum Gasteiger partial charge on any atom is 0.0882 e. The highest BCUT2D eigenvalue weighted by Crippen LogP contribution is 2.31. The third-order valence-corrected chi connectivity index (χ3v) is 5.66. The number of azo groups is 1. The number of hydrogen-bond acceptors (Lipinski definition) is 5. The Morgan fingerprint density at radius 2 is 1.52 bits per heavy atom. The molecular weight excluding hydrogens is 408 g/mol. The summed E-state index contributed by atoms with van der Waals surface area (Å²) in [7, 11) is 4.02. The number of fused-ring (bicyclic) bond motifs is 2. The molecule has 0 fully saturated rings. The molecule has 3 aromatic carbocycles. The average molecular weight is 433 g/mol. The molecule has 1 heterocycles. The van der Waals surface area contributed by atoms with Gasteiger partial charge in [-0.1, -0.05) is 18.2 Å². The Hall–Kier alpha value is -4.32. The number of aromatic nitrogens is 2. The van der Waals surface area contributed by atoms with Gasteiger partial charge < -0.3 is 14.9 Å². The summed E-state index contributed by atoms with van der Waals surface area (Å²) in [6, 6.07) is 27.8. The summed E-state index contributed by atoms with van der Waals surface area (Å²) < 4.78 is 2.14. The molecule has 1 aliphatic carbocycles. The maximum absolute atomic E-state index is 8.34. The third-order valence-electron chi connectivity index (χ3n) is 5.66. The van der Waals surface area contributed by atoms with E-state index in [1.807, 2.05) is 98.7 Å². The Labute approximate surface area is 192 Å². The molecule has 0 aromatic heterocycles. The van der Waals surface area contributed by atoms with Crippen LogP contribution in [-0.2, 0) is 0 Å². The number of rotatable bonds is 4. The molecule has 6 nitrogen and oxygen atoms in total. The zero-order chi connectivity index (χ0) is 22.9. The molecular formula is C27H24N6. The second-order valence-corrected chi connectivity index (χ2v) is 8.22. The van der Waals surface area contributed by atoms with Crippen LogP contribution in [0.1, 0.15) is 5.56 Å². The van der Waals surface area contributed by atoms with Gasteiger partial charge in [-0.2, -0.15) is 10.2 Å². The number of aryl methyl sites for hydroxylation is 1. The Kier molecular flexibility index (Phi) is 5.18. The van der Waals surface area contributed by atoms with E-state index in [4.69, 9.17) is 10.4 Å². The first kappa shape index (κ1) is 20.6. The van der Waals surface area contributed by atoms with Crippen molar-refractivity contribution < 1.29 is 0 Å². The smallest absolute Gasteiger partial charge is 0.0882 e. The molecule has 33 heavy (non-hydrogen) atoms. The highest BCUT2D eigenvalue weighted by Gasteiger charge is 2.15. The fraction of sp³-hybridized carbons (Fsp3) is 0.111. The summed E-state index contributed by atoms with van der Waals surface area (Å²) >= 11 is 0. The number of benzene rings is 4. The molecule has 0 bridgehead atoms. The zero-order valence-electron chi connectivity index (χ0n) is 18.8. The average Bonchev–Trinajstić information content (AvgIpc) is 2.83. The molecule has 5 rings (SSSR count). The Bertz CT molecular complexity index is 1500. The van der Waals surface area contributed by atoms with Crippen LogP contribution in [0.2, 0.25) is 0 Å². The molecule has 1 aliphatic heterocycles. The number of nitrogens with one attached hydrogen (secondary N) is 1. The molecule has 0 radical (unpaired) electrons. The summed E-state index contributed by atoms with van der Waals surface area (Å²) in [5.41, 5.74) is 8.07. The second kappa shape index (κ2) is 8.31. The summed E-state index contributed by atoms with van der Waals surface area (Å²) in [6.07, 6.45) is 0. The van der Waals surface area contributed by atoms with Crippen molar-refractivity contribution >= 4 is 28.1 Å². The minimum Gasteiger partial charge on any atom is -0.378 e. The highest BCUT2D eigenvalue weighted by molar-refractivity contribution is 5.85. The van der Waals surface area contributed by atoms with E-state index in [9.17, 15) is 0 Å². The van der Waals surface area contributed by atoms with Crippen molar-refractivity contribution in [1.29, 1.82) is 5.41 Å². The van der Waals surface area contributed by atoms with Gasteiger partial charge in [-0.05, 0) is 79.2 Å². The summed E-state index contributed by atoms with van der Waals surface area (Å²) in [4.78, 5) is 6.92. The number of nitrogens with zero attached hydrogens (tertiary/aromatic N) is 5. The van der Waals surface area contributed by atoms with E-state index in [2.05, 4.69) is 26.9 Å². The molecule has 3 aromatic rings. The van der Waals surface area contributed by atoms with E-state index in [0.29, 0.717) is 5.36 Å². The van der Waals surface area contributed by atoms with Gasteiger partial charge in [0.25, 0.3) is 0 Å². The predicted molar refractivity (Wildman–Crippen MR) is 133 cm³/mol. The largest absolute Gasteiger partial charge is 0.378 e. The second-order valence-electron chi connectivity index (χ2n) is 8.22. The van der Waals surface area contributed by atoms with Crippen LogP contribution >= 0.6 is 0 Å². The van der Waals surface area contributed by atoms with Crippen molar-refractivity contribution in [3.63, 3.8) is 0 Å². The topological polar surface area (TPSA) is 69.6 Å². The van der Waals surface area contributed by atoms with Crippen molar-refractivity contribution in [2.75, 3.05) is 19.0 Å². The van der Waals surface area contributed by atoms with Gasteiger partial charge >= 0.3 is 0 Å². The van der Waals surface area contributed by atoms with Crippen molar-refractivity contribution in [1.82, 2.24) is 9.55 Å². The van der Waals surface area contributed by atoms with E-state index < -0.39 is 0 Å². The normalized spacial score (nSPS) is 11.5. The summed E-state index contributed by atoms with van der Waals surface area (Å²) in [5, 5.41) is 17.7. The lowest BCUT2D eigenvalue weighted by molar-refractivity contribution is 1.06. The number of hydrogen-bond donors (Lipinski definition) is 1. The van der Waals surface area contributed by atoms with E-state index >= 15 is 0 Å². The molecule has 0 saturated carbocycles. The summed E-state index contributed by atoms with van der Waals surface area (Å²) in [5.74, 6) is 0. The third kappa shape index (κ3) is 3.99. The lowest BCUT2D eigenvalue weighted by Gasteiger charge is -2.19. The van der Waals surface area contributed by atoms with Crippen LogP contribution in [0.5, 0.6) is 0 Å². The van der Waals surface area contributed by atoms with Crippen LogP contribution in [0.4, 0.5) is 17.1 Å². The van der Waals surface area contributed by atoms with Crippen molar-refractivity contribution in [2.24, 2.45) is 10.2 Å². The first-order chi connectivity index (χ1) is 16.0. The molecule has 0 saturated heterocycles. The van der Waals surface area contributed by atoms with Gasteiger partial charge in [0.05, 0.1) is 39.2 Å². The first-order valence-corrected chi connectivity index (χ1v) is 10.8. The Morgan fingerprint density at radius 1 is 0.818 bits per heavy atom. The van der Waals surface area contributed by atoms with Crippen LogP contribution in [0.3, 0.4) is 0 Å². The van der Waals surface area contributed by atoms with Gasteiger partial charge in [-0.15, -0.1) is 0 Å². The minimum atomic E-state index is 0.491. The van der Waals surface area contributed by atoms with Gasteiger partial charge in [-0.3, -0.25) is 0 Å². The summed E-state index contributed by atoms with van der Waals surface area (Å²) in [6.45, 7) is 1.94. The maximum atomic E-state index is 8.34. The van der Waals surface area contributed by atoms with E-state index in [-0.39, 0.29) is 0 Å². The van der Waals surface area contributed by atoms with Gasteiger partial charge in [0.1, 0.15) is 0 Å². The van der Waals surface area contributed by atoms with Crippen LogP contribution < -0.4 is 10.3 Å². The van der Waals surface area contributed by atoms with E-state index in [1.165, 1.54) is 0 Å². The standard InChI is InChI=1S/C27H24N6/c1-18-15-25-27(17-23(18)28)33(22-7-5-4-6-8-22)26-16-20(11-14-24(26)29-25)31-30-19-9-12-21(13-10-19)32(2)3/h4-17,28H,1-3H3. The molecule has 0 spiro atoms. The fourth-order valence-corrected chi connectivity index (χ4v) is 3.85. The number of para-hydroxylation sites is 1. The fourth-order valence-electron chi connectivity index (χ4n) is 3.85. The number of anilines is 1. The monoisotopic (exact) mass is 432 g/mol. The van der Waals surface area contributed by atoms with Crippen molar-refractivity contribution in [2.45, 2.75) is 6.92 Å². The van der Waals surface area contributed by atoms with Crippen LogP contribution in [0.25, 0.3) is 28.1 Å². The lowest BCUT2D eigenvalue weighted by atomic mass is 10.1. The molecule has 0 unspecified atom stereocenters. The van der Waals surface area contributed by atoms with Gasteiger partial charge in [0, 0.05) is 25.5 Å². The van der Waals surface area contributed by atoms with Gasteiger partial charge in [0.15, 0.2) is 0 Å². The highest BCUT2D eigenvalue weighted by atomic mass is 15.1. The SMILES string of the molecule is Cc1cc2nc3ccc(N=Nc4ccc(N(C)C)cc4)cc3n(-c3ccccc3)c-2cc1=N. The molecule has 0 amide bonds. The van der Waals surface area contributed by atoms with E-state index in [1.54, 1.807) is 0 Å². The first-order valence-electron chi connectivity index (χ1n) is 10.8. The Morgan fingerprint density at radius 3 is 2.24 bits per heavy atom. The lowest BCUT2D eigenvalue weighted by Crippen LogP contribution is -2.12. The zero-order valence-corrected chi connectivity index (χ0v) is 18.8. The molecule has 0 atom stereocenters. The van der Waals surface area contributed by atoms with Gasteiger partial charge in [0.2, 0.25) is 0 Å².